The summed E-state index contributed by atoms with van der Waals surface area (Å²) in [4.78, 5) is 6.85. The fourth-order valence-electron chi connectivity index (χ4n) is 3.59. The number of nitrogens with zero attached hydrogens (tertiary/aromatic N) is 2. The van der Waals surface area contributed by atoms with E-state index >= 15 is 0 Å². The van der Waals surface area contributed by atoms with Gasteiger partial charge in [0.05, 0.1) is 7.11 Å². The molecule has 0 spiro atoms. The Morgan fingerprint density at radius 3 is 2.38 bits per heavy atom. The largest absolute Gasteiger partial charge is 0.496 e. The van der Waals surface area contributed by atoms with Crippen LogP contribution in [0.25, 0.3) is 0 Å². The lowest BCUT2D eigenvalue weighted by Crippen LogP contribution is -2.37. The number of ether oxygens (including phenoxy) is 1. The van der Waals surface area contributed by atoms with Crippen molar-refractivity contribution in [2.45, 2.75) is 32.4 Å². The number of nitrogens with one attached hydrogen (secondary N) is 2. The zero-order valence-electron chi connectivity index (χ0n) is 17.5. The normalized spacial score (nSPS) is 14.3. The van der Waals surface area contributed by atoms with E-state index in [0.29, 0.717) is 0 Å². The number of halogens is 1. The van der Waals surface area contributed by atoms with Crippen LogP contribution in [0.1, 0.15) is 29.5 Å². The molecule has 1 aliphatic heterocycles. The number of hydrogen-bond acceptors (Lipinski definition) is 3. The molecule has 0 bridgehead atoms. The van der Waals surface area contributed by atoms with Crippen molar-refractivity contribution in [3.05, 3.63) is 65.2 Å². The van der Waals surface area contributed by atoms with Crippen LogP contribution in [-0.4, -0.2) is 44.7 Å². The molecule has 29 heavy (non-hydrogen) atoms. The van der Waals surface area contributed by atoms with Crippen LogP contribution < -0.4 is 15.4 Å². The lowest BCUT2D eigenvalue weighted by atomic mass is 10.1. The molecule has 2 aromatic carbocycles. The van der Waals surface area contributed by atoms with Crippen molar-refractivity contribution < 1.29 is 4.74 Å². The molecule has 2 aromatic rings. The quantitative estimate of drug-likeness (QED) is 0.324. The van der Waals surface area contributed by atoms with Crippen LogP contribution in [0.2, 0.25) is 0 Å². The predicted molar refractivity (Wildman–Crippen MR) is 131 cm³/mol. The first kappa shape index (κ1) is 23.5. The van der Waals surface area contributed by atoms with E-state index < -0.39 is 0 Å². The van der Waals surface area contributed by atoms with Crippen molar-refractivity contribution in [3.63, 3.8) is 0 Å². The minimum Gasteiger partial charge on any atom is -0.496 e. The van der Waals surface area contributed by atoms with Gasteiger partial charge in [-0.05, 0) is 55.1 Å². The molecule has 0 aliphatic carbocycles. The number of methoxy groups -OCH3 is 1. The van der Waals surface area contributed by atoms with E-state index in [9.17, 15) is 0 Å². The zero-order chi connectivity index (χ0) is 19.6. The SMILES string of the molecule is CN=C(NCCc1ccccc1OC)NCc1ccc(CN2CCCC2)cc1.I. The summed E-state index contributed by atoms with van der Waals surface area (Å²) in [6.45, 7) is 5.10. The molecule has 1 aliphatic rings. The van der Waals surface area contributed by atoms with E-state index in [0.717, 1.165) is 37.8 Å². The van der Waals surface area contributed by atoms with Crippen molar-refractivity contribution in [2.24, 2.45) is 4.99 Å². The molecule has 5 nitrogen and oxygen atoms in total. The Morgan fingerprint density at radius 1 is 1.00 bits per heavy atom. The summed E-state index contributed by atoms with van der Waals surface area (Å²) < 4.78 is 5.41. The Bertz CT molecular complexity index is 758. The highest BCUT2D eigenvalue weighted by atomic mass is 127. The van der Waals surface area contributed by atoms with Crippen molar-refractivity contribution in [1.29, 1.82) is 0 Å². The summed E-state index contributed by atoms with van der Waals surface area (Å²) in [7, 11) is 3.51. The first-order valence-electron chi connectivity index (χ1n) is 10.1. The van der Waals surface area contributed by atoms with E-state index in [-0.39, 0.29) is 24.0 Å². The fraction of sp³-hybridized carbons (Fsp3) is 0.435. The number of likely N-dealkylation sites (tertiary alicyclic amines) is 1. The van der Waals surface area contributed by atoms with E-state index in [1.807, 2.05) is 18.2 Å². The molecule has 0 radical (unpaired) electrons. The molecule has 3 rings (SSSR count). The molecule has 0 amide bonds. The summed E-state index contributed by atoms with van der Waals surface area (Å²) in [6, 6.07) is 17.0. The van der Waals surface area contributed by atoms with Crippen LogP contribution in [0.3, 0.4) is 0 Å². The molecule has 1 saturated heterocycles. The minimum absolute atomic E-state index is 0. The molecule has 2 N–H and O–H groups in total. The van der Waals surface area contributed by atoms with E-state index in [1.165, 1.54) is 42.6 Å². The maximum Gasteiger partial charge on any atom is 0.191 e. The van der Waals surface area contributed by atoms with Gasteiger partial charge >= 0.3 is 0 Å². The molecule has 1 heterocycles. The van der Waals surface area contributed by atoms with Crippen molar-refractivity contribution in [3.8, 4) is 5.75 Å². The van der Waals surface area contributed by atoms with E-state index in [4.69, 9.17) is 4.74 Å². The maximum atomic E-state index is 5.41. The summed E-state index contributed by atoms with van der Waals surface area (Å²) in [5.74, 6) is 1.75. The first-order chi connectivity index (χ1) is 13.8. The fourth-order valence-corrected chi connectivity index (χ4v) is 3.59. The summed E-state index contributed by atoms with van der Waals surface area (Å²) >= 11 is 0. The molecule has 0 saturated carbocycles. The van der Waals surface area contributed by atoms with Gasteiger partial charge in [-0.15, -0.1) is 24.0 Å². The van der Waals surface area contributed by atoms with Crippen LogP contribution in [-0.2, 0) is 19.5 Å². The second-order valence-corrected chi connectivity index (χ2v) is 7.21. The molecule has 158 valence electrons. The average molecular weight is 508 g/mol. The van der Waals surface area contributed by atoms with Crippen molar-refractivity contribution >= 4 is 29.9 Å². The topological polar surface area (TPSA) is 48.9 Å². The Hall–Kier alpha value is -1.80. The van der Waals surface area contributed by atoms with Crippen LogP contribution in [0, 0.1) is 0 Å². The average Bonchev–Trinajstić information content (AvgIpc) is 3.25. The molecule has 0 atom stereocenters. The van der Waals surface area contributed by atoms with Gasteiger partial charge in [-0.2, -0.15) is 0 Å². The van der Waals surface area contributed by atoms with Crippen LogP contribution in [0.4, 0.5) is 0 Å². The third kappa shape index (κ3) is 7.51. The molecule has 0 unspecified atom stereocenters. The standard InChI is InChI=1S/C23H32N4O.HI/c1-24-23(25-14-13-21-7-3-4-8-22(21)28-2)26-17-19-9-11-20(12-10-19)18-27-15-5-6-16-27;/h3-4,7-12H,5-6,13-18H2,1-2H3,(H2,24,25,26);1H. The van der Waals surface area contributed by atoms with Crippen molar-refractivity contribution in [2.75, 3.05) is 33.8 Å². The monoisotopic (exact) mass is 508 g/mol. The Balaban J connectivity index is 0.00000300. The second kappa shape index (κ2) is 12.7. The minimum atomic E-state index is 0. The van der Waals surface area contributed by atoms with Gasteiger partial charge in [0.25, 0.3) is 0 Å². The van der Waals surface area contributed by atoms with E-state index in [1.54, 1.807) is 14.2 Å². The van der Waals surface area contributed by atoms with Crippen LogP contribution >= 0.6 is 24.0 Å². The van der Waals surface area contributed by atoms with Gasteiger partial charge in [0.15, 0.2) is 5.96 Å². The zero-order valence-corrected chi connectivity index (χ0v) is 19.8. The van der Waals surface area contributed by atoms with Gasteiger partial charge in [-0.3, -0.25) is 9.89 Å². The molecule has 0 aromatic heterocycles. The van der Waals surface area contributed by atoms with Crippen LogP contribution in [0.15, 0.2) is 53.5 Å². The Labute approximate surface area is 192 Å². The number of benzene rings is 2. The Kier molecular flexibility index (Phi) is 10.3. The molecule has 1 fully saturated rings. The number of hydrogen-bond donors (Lipinski definition) is 2. The number of rotatable bonds is 8. The third-order valence-electron chi connectivity index (χ3n) is 5.19. The second-order valence-electron chi connectivity index (χ2n) is 7.21. The lowest BCUT2D eigenvalue weighted by Gasteiger charge is -2.15. The molecular weight excluding hydrogens is 475 g/mol. The third-order valence-corrected chi connectivity index (χ3v) is 5.19. The Morgan fingerprint density at radius 2 is 1.69 bits per heavy atom. The summed E-state index contributed by atoms with van der Waals surface area (Å²) in [5.41, 5.74) is 3.85. The van der Waals surface area contributed by atoms with Gasteiger partial charge in [0, 0.05) is 26.7 Å². The molecule has 6 heteroatoms. The molecular formula is C23H33IN4O. The highest BCUT2D eigenvalue weighted by Crippen LogP contribution is 2.17. The highest BCUT2D eigenvalue weighted by molar-refractivity contribution is 14.0. The highest BCUT2D eigenvalue weighted by Gasteiger charge is 2.11. The smallest absolute Gasteiger partial charge is 0.191 e. The van der Waals surface area contributed by atoms with Crippen molar-refractivity contribution in [1.82, 2.24) is 15.5 Å². The summed E-state index contributed by atoms with van der Waals surface area (Å²) in [6.07, 6.45) is 3.56. The maximum absolute atomic E-state index is 5.41. The van der Waals surface area contributed by atoms with Gasteiger partial charge in [-0.1, -0.05) is 42.5 Å². The number of guanidine groups is 1. The number of aliphatic imine (C=N–C) groups is 1. The predicted octanol–water partition coefficient (Wildman–Crippen LogP) is 3.82. The van der Waals surface area contributed by atoms with E-state index in [2.05, 4.69) is 50.9 Å². The van der Waals surface area contributed by atoms with Crippen LogP contribution in [0.5, 0.6) is 5.75 Å². The summed E-state index contributed by atoms with van der Waals surface area (Å²) in [5, 5.41) is 6.77. The van der Waals surface area contributed by atoms with Gasteiger partial charge in [-0.25, -0.2) is 0 Å². The van der Waals surface area contributed by atoms with Gasteiger partial charge < -0.3 is 15.4 Å². The number of para-hydroxylation sites is 1. The first-order valence-corrected chi connectivity index (χ1v) is 10.1. The van der Waals surface area contributed by atoms with Gasteiger partial charge in [0.1, 0.15) is 5.75 Å². The lowest BCUT2D eigenvalue weighted by molar-refractivity contribution is 0.331. The van der Waals surface area contributed by atoms with Gasteiger partial charge in [0.2, 0.25) is 0 Å².